The molecule has 0 spiro atoms. The number of hydrogen-bond donors (Lipinski definition) is 3. The van der Waals surface area contributed by atoms with Gasteiger partial charge in [0.1, 0.15) is 13.2 Å². The topological polar surface area (TPSA) is 36.7 Å². The summed E-state index contributed by atoms with van der Waals surface area (Å²) < 4.78 is 0. The van der Waals surface area contributed by atoms with E-state index in [0.717, 1.165) is 12.1 Å². The summed E-state index contributed by atoms with van der Waals surface area (Å²) in [5.41, 5.74) is 2.31. The second kappa shape index (κ2) is 4.09. The van der Waals surface area contributed by atoms with Crippen molar-refractivity contribution in [3.05, 3.63) is 35.7 Å². The molecule has 1 heterocycles. The van der Waals surface area contributed by atoms with E-state index in [4.69, 9.17) is 5.21 Å². The summed E-state index contributed by atoms with van der Waals surface area (Å²) in [5, 5.41) is 12.4. The molecule has 66 valence electrons. The lowest BCUT2D eigenvalue weighted by Crippen LogP contribution is -3.01. The molecule has 3 N–H and O–H groups in total. The minimum absolute atomic E-state index is 0.347. The van der Waals surface area contributed by atoms with E-state index in [9.17, 15) is 0 Å². The summed E-state index contributed by atoms with van der Waals surface area (Å²) in [6.07, 6.45) is 7.76. The third kappa shape index (κ3) is 2.90. The highest BCUT2D eigenvalue weighted by Gasteiger charge is 1.98. The fraction of sp³-hybridized carbons (Fsp3) is 0.333. The summed E-state index contributed by atoms with van der Waals surface area (Å²) in [4.78, 5) is 0. The summed E-state index contributed by atoms with van der Waals surface area (Å²) in [5.74, 6) is 0. The Morgan fingerprint density at radius 2 is 2.50 bits per heavy atom. The van der Waals surface area contributed by atoms with Gasteiger partial charge in [-0.25, -0.2) is 5.21 Å². The molecule has 1 atom stereocenters. The zero-order valence-corrected chi connectivity index (χ0v) is 7.46. The van der Waals surface area contributed by atoms with E-state index in [2.05, 4.69) is 11.4 Å². The SMILES string of the molecule is CC(=C/[NH+](C)O)/C=C1/C=CNC1. The number of nitrogens with one attached hydrogen (secondary N) is 2. The van der Waals surface area contributed by atoms with E-state index in [0.29, 0.717) is 5.06 Å². The zero-order valence-electron chi connectivity index (χ0n) is 7.46. The summed E-state index contributed by atoms with van der Waals surface area (Å²) in [6, 6.07) is 0. The van der Waals surface area contributed by atoms with Crippen LogP contribution in [0.2, 0.25) is 0 Å². The van der Waals surface area contributed by atoms with Crippen molar-refractivity contribution in [2.45, 2.75) is 6.92 Å². The van der Waals surface area contributed by atoms with Gasteiger partial charge >= 0.3 is 0 Å². The molecule has 0 aliphatic carbocycles. The van der Waals surface area contributed by atoms with Gasteiger partial charge in [0.2, 0.25) is 0 Å². The van der Waals surface area contributed by atoms with Crippen molar-refractivity contribution in [3.63, 3.8) is 0 Å². The average molecular weight is 167 g/mol. The van der Waals surface area contributed by atoms with Crippen LogP contribution in [0.5, 0.6) is 0 Å². The quantitative estimate of drug-likeness (QED) is 0.500. The maximum atomic E-state index is 8.97. The van der Waals surface area contributed by atoms with Gasteiger partial charge in [0.25, 0.3) is 0 Å². The molecule has 0 amide bonds. The van der Waals surface area contributed by atoms with Crippen LogP contribution in [0.4, 0.5) is 0 Å². The fourth-order valence-corrected chi connectivity index (χ4v) is 1.16. The van der Waals surface area contributed by atoms with Crippen molar-refractivity contribution in [1.29, 1.82) is 0 Å². The lowest BCUT2D eigenvalue weighted by atomic mass is 10.2. The van der Waals surface area contributed by atoms with E-state index >= 15 is 0 Å². The maximum absolute atomic E-state index is 8.97. The molecule has 1 rings (SSSR count). The first-order chi connectivity index (χ1) is 5.68. The van der Waals surface area contributed by atoms with E-state index in [-0.39, 0.29) is 0 Å². The Balaban J connectivity index is 2.60. The Hall–Kier alpha value is -1.06. The van der Waals surface area contributed by atoms with Crippen LogP contribution in [0.1, 0.15) is 6.92 Å². The second-order valence-electron chi connectivity index (χ2n) is 2.96. The highest BCUT2D eigenvalue weighted by Crippen LogP contribution is 2.04. The number of allylic oxidation sites excluding steroid dienone is 2. The molecule has 0 saturated carbocycles. The molecule has 0 bridgehead atoms. The van der Waals surface area contributed by atoms with Crippen LogP contribution in [0, 0.1) is 0 Å². The standard InChI is InChI=1S/C9H14N2O/c1-8(7-11(2)12)5-9-3-4-10-6-9/h3-5,7,10,12H,6H2,1-2H3/p+1/b8-7-,9-5-. The molecule has 0 saturated heterocycles. The first-order valence-electron chi connectivity index (χ1n) is 4.00. The van der Waals surface area contributed by atoms with Gasteiger partial charge in [0.05, 0.1) is 0 Å². The number of hydroxylamine groups is 2. The summed E-state index contributed by atoms with van der Waals surface area (Å²) in [6.45, 7) is 2.86. The lowest BCUT2D eigenvalue weighted by molar-refractivity contribution is -1.03. The van der Waals surface area contributed by atoms with E-state index in [1.54, 1.807) is 13.2 Å². The molecule has 0 aromatic rings. The van der Waals surface area contributed by atoms with Gasteiger partial charge < -0.3 is 5.32 Å². The highest BCUT2D eigenvalue weighted by molar-refractivity contribution is 5.32. The highest BCUT2D eigenvalue weighted by atomic mass is 16.5. The predicted octanol–water partition coefficient (Wildman–Crippen LogP) is -0.163. The molecule has 0 aromatic heterocycles. The molecule has 3 nitrogen and oxygen atoms in total. The Morgan fingerprint density at radius 1 is 1.75 bits per heavy atom. The Labute approximate surface area is 72.6 Å². The van der Waals surface area contributed by atoms with Gasteiger partial charge in [-0.05, 0) is 30.8 Å². The van der Waals surface area contributed by atoms with Crippen LogP contribution in [0.15, 0.2) is 35.7 Å². The number of quaternary nitrogens is 1. The molecular weight excluding hydrogens is 152 g/mol. The lowest BCUT2D eigenvalue weighted by Gasteiger charge is -1.97. The molecule has 0 fully saturated rings. The first-order valence-corrected chi connectivity index (χ1v) is 4.00. The van der Waals surface area contributed by atoms with Gasteiger partial charge in [-0.3, -0.25) is 0 Å². The van der Waals surface area contributed by atoms with Crippen molar-refractivity contribution in [1.82, 2.24) is 5.32 Å². The van der Waals surface area contributed by atoms with Crippen molar-refractivity contribution in [2.24, 2.45) is 0 Å². The summed E-state index contributed by atoms with van der Waals surface area (Å²) >= 11 is 0. The third-order valence-electron chi connectivity index (χ3n) is 1.57. The molecular formula is C9H15N2O+. The van der Waals surface area contributed by atoms with Crippen LogP contribution < -0.4 is 10.4 Å². The molecule has 1 aliphatic heterocycles. The molecule has 1 unspecified atom stereocenters. The summed E-state index contributed by atoms with van der Waals surface area (Å²) in [7, 11) is 1.67. The monoisotopic (exact) mass is 167 g/mol. The minimum Gasteiger partial charge on any atom is -0.387 e. The van der Waals surface area contributed by atoms with Gasteiger partial charge in [-0.15, -0.1) is 0 Å². The van der Waals surface area contributed by atoms with Gasteiger partial charge in [-0.1, -0.05) is 0 Å². The van der Waals surface area contributed by atoms with Crippen LogP contribution in [0.3, 0.4) is 0 Å². The van der Waals surface area contributed by atoms with Crippen LogP contribution >= 0.6 is 0 Å². The largest absolute Gasteiger partial charge is 0.387 e. The van der Waals surface area contributed by atoms with Crippen LogP contribution in [-0.2, 0) is 0 Å². The van der Waals surface area contributed by atoms with Crippen molar-refractivity contribution >= 4 is 0 Å². The number of hydrogen-bond acceptors (Lipinski definition) is 2. The van der Waals surface area contributed by atoms with Crippen LogP contribution in [-0.4, -0.2) is 18.8 Å². The first kappa shape index (κ1) is 9.03. The normalized spacial score (nSPS) is 22.9. The van der Waals surface area contributed by atoms with Gasteiger partial charge in [0, 0.05) is 12.1 Å². The minimum atomic E-state index is 0.347. The van der Waals surface area contributed by atoms with E-state index < -0.39 is 0 Å². The van der Waals surface area contributed by atoms with Crippen molar-refractivity contribution < 1.29 is 10.3 Å². The maximum Gasteiger partial charge on any atom is 0.129 e. The Kier molecular flexibility index (Phi) is 3.08. The zero-order chi connectivity index (χ0) is 8.97. The molecule has 0 aromatic carbocycles. The molecule has 0 radical (unpaired) electrons. The van der Waals surface area contributed by atoms with E-state index in [1.165, 1.54) is 5.57 Å². The van der Waals surface area contributed by atoms with Gasteiger partial charge in [-0.2, -0.15) is 5.06 Å². The fourth-order valence-electron chi connectivity index (χ4n) is 1.16. The third-order valence-corrected chi connectivity index (χ3v) is 1.57. The van der Waals surface area contributed by atoms with Crippen molar-refractivity contribution in [2.75, 3.05) is 13.6 Å². The van der Waals surface area contributed by atoms with Gasteiger partial charge in [0.15, 0.2) is 0 Å². The number of rotatable bonds is 2. The smallest absolute Gasteiger partial charge is 0.129 e. The molecule has 1 aliphatic rings. The van der Waals surface area contributed by atoms with Crippen LogP contribution in [0.25, 0.3) is 0 Å². The average Bonchev–Trinajstić information content (AvgIpc) is 2.37. The Bertz CT molecular complexity index is 239. The predicted molar refractivity (Wildman–Crippen MR) is 47.7 cm³/mol. The molecule has 12 heavy (non-hydrogen) atoms. The Morgan fingerprint density at radius 3 is 3.00 bits per heavy atom. The van der Waals surface area contributed by atoms with E-state index in [1.807, 2.05) is 19.2 Å². The molecule has 3 heteroatoms. The second-order valence-corrected chi connectivity index (χ2v) is 2.96. The van der Waals surface area contributed by atoms with Crippen molar-refractivity contribution in [3.8, 4) is 0 Å².